The van der Waals surface area contributed by atoms with Crippen molar-refractivity contribution in [1.29, 1.82) is 0 Å². The van der Waals surface area contributed by atoms with E-state index in [2.05, 4.69) is 19.3 Å². The molecule has 0 aromatic rings. The van der Waals surface area contributed by atoms with E-state index in [4.69, 9.17) is 4.74 Å². The van der Waals surface area contributed by atoms with E-state index in [-0.39, 0.29) is 0 Å². The average Bonchev–Trinajstić information content (AvgIpc) is 2.82. The number of rotatable bonds is 9. The molecule has 0 aliphatic carbocycles. The number of unbranched alkanes of at least 4 members (excludes halogenated alkanes) is 5. The van der Waals surface area contributed by atoms with E-state index in [9.17, 15) is 0 Å². The second-order valence-corrected chi connectivity index (χ2v) is 5.08. The maximum atomic E-state index is 5.46. The fourth-order valence-corrected chi connectivity index (χ4v) is 2.63. The zero-order chi connectivity index (χ0) is 11.6. The van der Waals surface area contributed by atoms with Crippen LogP contribution in [0.5, 0.6) is 0 Å². The van der Waals surface area contributed by atoms with Gasteiger partial charge in [0.05, 0.1) is 6.61 Å². The van der Waals surface area contributed by atoms with E-state index in [0.29, 0.717) is 6.04 Å². The van der Waals surface area contributed by atoms with Gasteiger partial charge < -0.3 is 10.1 Å². The van der Waals surface area contributed by atoms with Crippen LogP contribution in [0.25, 0.3) is 0 Å². The first kappa shape index (κ1) is 14.0. The summed E-state index contributed by atoms with van der Waals surface area (Å²) in [6.07, 6.45) is 11.0. The Bertz CT molecular complexity index is 155. The minimum absolute atomic E-state index is 0.689. The van der Waals surface area contributed by atoms with Crippen LogP contribution in [0.1, 0.15) is 58.3 Å². The summed E-state index contributed by atoms with van der Waals surface area (Å²) in [5, 5.41) is 3.47. The molecule has 0 saturated carbocycles. The van der Waals surface area contributed by atoms with Crippen molar-refractivity contribution in [2.45, 2.75) is 64.3 Å². The molecule has 1 rings (SSSR count). The van der Waals surface area contributed by atoms with Crippen molar-refractivity contribution in [3.05, 3.63) is 0 Å². The number of hydrogen-bond donors (Lipinski definition) is 1. The van der Waals surface area contributed by atoms with Crippen molar-refractivity contribution in [3.63, 3.8) is 0 Å². The molecule has 1 aliphatic rings. The highest BCUT2D eigenvalue weighted by Gasteiger charge is 2.23. The van der Waals surface area contributed by atoms with Crippen LogP contribution in [0.2, 0.25) is 0 Å². The molecule has 96 valence electrons. The maximum Gasteiger partial charge on any atom is 0.0509 e. The van der Waals surface area contributed by atoms with E-state index in [1.807, 2.05) is 0 Å². The van der Waals surface area contributed by atoms with E-state index in [1.54, 1.807) is 0 Å². The van der Waals surface area contributed by atoms with Gasteiger partial charge in [0, 0.05) is 12.6 Å². The average molecular weight is 227 g/mol. The summed E-state index contributed by atoms with van der Waals surface area (Å²) in [5.41, 5.74) is 0. The van der Waals surface area contributed by atoms with Gasteiger partial charge in [-0.25, -0.2) is 0 Å². The lowest BCUT2D eigenvalue weighted by molar-refractivity contribution is 0.176. The normalized spacial score (nSPS) is 22.5. The van der Waals surface area contributed by atoms with Gasteiger partial charge in [0.1, 0.15) is 0 Å². The Labute approximate surface area is 101 Å². The van der Waals surface area contributed by atoms with Crippen molar-refractivity contribution in [3.8, 4) is 0 Å². The first-order chi connectivity index (χ1) is 7.88. The van der Waals surface area contributed by atoms with Crippen molar-refractivity contribution in [1.82, 2.24) is 5.32 Å². The largest absolute Gasteiger partial charge is 0.381 e. The van der Waals surface area contributed by atoms with Crippen LogP contribution >= 0.6 is 0 Å². The third kappa shape index (κ3) is 5.31. The minimum Gasteiger partial charge on any atom is -0.381 e. The van der Waals surface area contributed by atoms with Gasteiger partial charge in [0.15, 0.2) is 0 Å². The molecular formula is C14H29NO. The molecule has 0 spiro atoms. The summed E-state index contributed by atoms with van der Waals surface area (Å²) >= 11 is 0. The zero-order valence-electron chi connectivity index (χ0n) is 11.1. The molecule has 2 heteroatoms. The molecule has 1 heterocycles. The van der Waals surface area contributed by atoms with E-state index >= 15 is 0 Å². The molecule has 0 aromatic carbocycles. The SMILES string of the molecule is CCCCCCCCC(NC)C1CCOC1. The van der Waals surface area contributed by atoms with Gasteiger partial charge in [-0.2, -0.15) is 0 Å². The number of ether oxygens (including phenoxy) is 1. The van der Waals surface area contributed by atoms with E-state index in [1.165, 1.54) is 51.4 Å². The van der Waals surface area contributed by atoms with Crippen LogP contribution in [0, 0.1) is 5.92 Å². The lowest BCUT2D eigenvalue weighted by atomic mass is 9.94. The van der Waals surface area contributed by atoms with Gasteiger partial charge in [0.2, 0.25) is 0 Å². The summed E-state index contributed by atoms with van der Waals surface area (Å²) in [5.74, 6) is 0.764. The van der Waals surface area contributed by atoms with E-state index in [0.717, 1.165) is 19.1 Å². The molecule has 1 fully saturated rings. The fraction of sp³-hybridized carbons (Fsp3) is 1.00. The molecule has 2 atom stereocenters. The monoisotopic (exact) mass is 227 g/mol. The summed E-state index contributed by atoms with van der Waals surface area (Å²) in [4.78, 5) is 0. The van der Waals surface area contributed by atoms with Gasteiger partial charge in [0.25, 0.3) is 0 Å². The topological polar surface area (TPSA) is 21.3 Å². The summed E-state index contributed by atoms with van der Waals surface area (Å²) in [6.45, 7) is 4.22. The molecule has 0 aromatic heterocycles. The second kappa shape index (κ2) is 9.00. The predicted octanol–water partition coefficient (Wildman–Crippen LogP) is 3.36. The van der Waals surface area contributed by atoms with Gasteiger partial charge in [-0.05, 0) is 25.8 Å². The highest BCUT2D eigenvalue weighted by molar-refractivity contribution is 4.78. The van der Waals surface area contributed by atoms with Crippen molar-refractivity contribution in [2.24, 2.45) is 5.92 Å². The third-order valence-electron chi connectivity index (χ3n) is 3.77. The number of hydrogen-bond acceptors (Lipinski definition) is 2. The first-order valence-corrected chi connectivity index (χ1v) is 7.13. The highest BCUT2D eigenvalue weighted by Crippen LogP contribution is 2.20. The van der Waals surface area contributed by atoms with Crippen molar-refractivity contribution in [2.75, 3.05) is 20.3 Å². The summed E-state index contributed by atoms with van der Waals surface area (Å²) in [7, 11) is 2.10. The van der Waals surface area contributed by atoms with Crippen LogP contribution in [0.3, 0.4) is 0 Å². The molecule has 0 amide bonds. The van der Waals surface area contributed by atoms with Crippen LogP contribution < -0.4 is 5.32 Å². The molecule has 16 heavy (non-hydrogen) atoms. The Morgan fingerprint density at radius 3 is 2.56 bits per heavy atom. The van der Waals surface area contributed by atoms with Crippen LogP contribution in [0.4, 0.5) is 0 Å². The Balaban J connectivity index is 2.00. The van der Waals surface area contributed by atoms with Gasteiger partial charge in [-0.1, -0.05) is 45.4 Å². The maximum absolute atomic E-state index is 5.46. The number of nitrogens with one attached hydrogen (secondary N) is 1. The van der Waals surface area contributed by atoms with Crippen LogP contribution in [0.15, 0.2) is 0 Å². The molecular weight excluding hydrogens is 198 g/mol. The zero-order valence-corrected chi connectivity index (χ0v) is 11.1. The second-order valence-electron chi connectivity index (χ2n) is 5.08. The van der Waals surface area contributed by atoms with Gasteiger partial charge in [-0.15, -0.1) is 0 Å². The summed E-state index contributed by atoms with van der Waals surface area (Å²) < 4.78 is 5.46. The van der Waals surface area contributed by atoms with Crippen LogP contribution in [-0.2, 0) is 4.74 Å². The Kier molecular flexibility index (Phi) is 7.87. The van der Waals surface area contributed by atoms with Gasteiger partial charge in [-0.3, -0.25) is 0 Å². The van der Waals surface area contributed by atoms with E-state index < -0.39 is 0 Å². The molecule has 1 N–H and O–H groups in total. The minimum atomic E-state index is 0.689. The Morgan fingerprint density at radius 1 is 1.19 bits per heavy atom. The molecule has 0 bridgehead atoms. The Hall–Kier alpha value is -0.0800. The molecule has 1 saturated heterocycles. The molecule has 2 unspecified atom stereocenters. The third-order valence-corrected chi connectivity index (χ3v) is 3.77. The standard InChI is InChI=1S/C14H29NO/c1-3-4-5-6-7-8-9-14(15-2)13-10-11-16-12-13/h13-15H,3-12H2,1-2H3. The predicted molar refractivity (Wildman–Crippen MR) is 69.8 cm³/mol. The smallest absolute Gasteiger partial charge is 0.0509 e. The first-order valence-electron chi connectivity index (χ1n) is 7.13. The lowest BCUT2D eigenvalue weighted by Crippen LogP contribution is -2.33. The summed E-state index contributed by atoms with van der Waals surface area (Å²) in [6, 6.07) is 0.689. The quantitative estimate of drug-likeness (QED) is 0.610. The molecule has 0 radical (unpaired) electrons. The fourth-order valence-electron chi connectivity index (χ4n) is 2.63. The van der Waals surface area contributed by atoms with Crippen molar-refractivity contribution < 1.29 is 4.74 Å². The molecule has 1 aliphatic heterocycles. The van der Waals surface area contributed by atoms with Crippen LogP contribution in [-0.4, -0.2) is 26.3 Å². The molecule has 2 nitrogen and oxygen atoms in total. The van der Waals surface area contributed by atoms with Gasteiger partial charge >= 0.3 is 0 Å². The van der Waals surface area contributed by atoms with Crippen molar-refractivity contribution >= 4 is 0 Å². The Morgan fingerprint density at radius 2 is 1.94 bits per heavy atom. The lowest BCUT2D eigenvalue weighted by Gasteiger charge is -2.21. The highest BCUT2D eigenvalue weighted by atomic mass is 16.5.